The molecule has 0 aliphatic carbocycles. The van der Waals surface area contributed by atoms with Crippen molar-refractivity contribution in [2.75, 3.05) is 0 Å². The molecule has 0 amide bonds. The van der Waals surface area contributed by atoms with Crippen molar-refractivity contribution in [3.8, 4) is 0 Å². The minimum atomic E-state index is 0.848. The maximum absolute atomic E-state index is 5.14. The standard InChI is InChI=1S/C9H8BrNO/c1-2-8-7-4-3-6(10)5-9(7)12-11-8/h3-5H,2H2,1H3. The molecule has 2 aromatic rings. The van der Waals surface area contributed by atoms with Crippen LogP contribution in [0.2, 0.25) is 0 Å². The summed E-state index contributed by atoms with van der Waals surface area (Å²) in [7, 11) is 0. The van der Waals surface area contributed by atoms with Gasteiger partial charge in [-0.15, -0.1) is 0 Å². The molecule has 3 heteroatoms. The van der Waals surface area contributed by atoms with Gasteiger partial charge >= 0.3 is 0 Å². The van der Waals surface area contributed by atoms with E-state index < -0.39 is 0 Å². The van der Waals surface area contributed by atoms with E-state index in [0.29, 0.717) is 0 Å². The summed E-state index contributed by atoms with van der Waals surface area (Å²) < 4.78 is 6.16. The Balaban J connectivity index is 2.73. The molecule has 12 heavy (non-hydrogen) atoms. The smallest absolute Gasteiger partial charge is 0.168 e. The molecule has 0 bridgehead atoms. The number of nitrogens with zero attached hydrogens (tertiary/aromatic N) is 1. The van der Waals surface area contributed by atoms with Gasteiger partial charge in [-0.1, -0.05) is 28.0 Å². The first kappa shape index (κ1) is 7.80. The monoisotopic (exact) mass is 225 g/mol. The van der Waals surface area contributed by atoms with Gasteiger partial charge in [0.05, 0.1) is 5.69 Å². The molecule has 0 aliphatic rings. The number of hydrogen-bond donors (Lipinski definition) is 0. The van der Waals surface area contributed by atoms with Crippen molar-refractivity contribution in [1.29, 1.82) is 0 Å². The highest BCUT2D eigenvalue weighted by molar-refractivity contribution is 9.10. The SMILES string of the molecule is CCc1noc2cc(Br)ccc12. The van der Waals surface area contributed by atoms with E-state index in [1.54, 1.807) is 0 Å². The lowest BCUT2D eigenvalue weighted by atomic mass is 10.2. The average Bonchev–Trinajstić information content (AvgIpc) is 2.46. The summed E-state index contributed by atoms with van der Waals surface area (Å²) in [6, 6.07) is 5.95. The quantitative estimate of drug-likeness (QED) is 0.746. The van der Waals surface area contributed by atoms with E-state index in [2.05, 4.69) is 28.0 Å². The second-order valence-corrected chi connectivity index (χ2v) is 3.54. The van der Waals surface area contributed by atoms with Crippen LogP contribution in [0.15, 0.2) is 27.2 Å². The van der Waals surface area contributed by atoms with Crippen molar-refractivity contribution < 1.29 is 4.52 Å². The third-order valence-electron chi connectivity index (χ3n) is 1.84. The molecule has 0 unspecified atom stereocenters. The van der Waals surface area contributed by atoms with E-state index in [4.69, 9.17) is 4.52 Å². The van der Waals surface area contributed by atoms with Crippen molar-refractivity contribution in [2.45, 2.75) is 13.3 Å². The Morgan fingerprint density at radius 1 is 1.50 bits per heavy atom. The average molecular weight is 226 g/mol. The van der Waals surface area contributed by atoms with Gasteiger partial charge < -0.3 is 4.52 Å². The molecule has 2 rings (SSSR count). The Morgan fingerprint density at radius 2 is 2.33 bits per heavy atom. The lowest BCUT2D eigenvalue weighted by Crippen LogP contribution is -1.77. The van der Waals surface area contributed by atoms with Crippen LogP contribution in [0.25, 0.3) is 11.0 Å². The first-order valence-corrected chi connectivity index (χ1v) is 4.64. The van der Waals surface area contributed by atoms with Crippen molar-refractivity contribution in [3.05, 3.63) is 28.4 Å². The Bertz CT molecular complexity index is 408. The minimum Gasteiger partial charge on any atom is -0.356 e. The van der Waals surface area contributed by atoms with Crippen LogP contribution >= 0.6 is 15.9 Å². The molecule has 1 aromatic carbocycles. The normalized spacial score (nSPS) is 10.8. The third kappa shape index (κ3) is 1.14. The summed E-state index contributed by atoms with van der Waals surface area (Å²) in [5.74, 6) is 0. The van der Waals surface area contributed by atoms with Gasteiger partial charge in [-0.05, 0) is 24.6 Å². The fourth-order valence-electron chi connectivity index (χ4n) is 1.22. The lowest BCUT2D eigenvalue weighted by molar-refractivity contribution is 0.447. The molecule has 0 N–H and O–H groups in total. The molecule has 0 radical (unpaired) electrons. The number of aromatic nitrogens is 1. The zero-order valence-corrected chi connectivity index (χ0v) is 8.26. The zero-order valence-electron chi connectivity index (χ0n) is 6.67. The van der Waals surface area contributed by atoms with Crippen LogP contribution in [0.3, 0.4) is 0 Å². The van der Waals surface area contributed by atoms with E-state index in [1.165, 1.54) is 0 Å². The van der Waals surface area contributed by atoms with Gasteiger partial charge in [-0.2, -0.15) is 0 Å². The predicted molar refractivity (Wildman–Crippen MR) is 51.1 cm³/mol. The Labute approximate surface area is 78.7 Å². The van der Waals surface area contributed by atoms with Gasteiger partial charge in [0.2, 0.25) is 0 Å². The number of hydrogen-bond acceptors (Lipinski definition) is 2. The van der Waals surface area contributed by atoms with Crippen molar-refractivity contribution in [2.24, 2.45) is 0 Å². The Morgan fingerprint density at radius 3 is 3.08 bits per heavy atom. The molecular weight excluding hydrogens is 218 g/mol. The van der Waals surface area contributed by atoms with Crippen molar-refractivity contribution in [3.63, 3.8) is 0 Å². The van der Waals surface area contributed by atoms with E-state index in [0.717, 1.165) is 27.6 Å². The zero-order chi connectivity index (χ0) is 8.55. The van der Waals surface area contributed by atoms with Crippen LogP contribution in [-0.2, 0) is 6.42 Å². The summed E-state index contributed by atoms with van der Waals surface area (Å²) in [6.07, 6.45) is 0.911. The van der Waals surface area contributed by atoms with Crippen LogP contribution in [0.5, 0.6) is 0 Å². The minimum absolute atomic E-state index is 0.848. The summed E-state index contributed by atoms with van der Waals surface area (Å²) in [5.41, 5.74) is 1.87. The summed E-state index contributed by atoms with van der Waals surface area (Å²) in [4.78, 5) is 0. The van der Waals surface area contributed by atoms with Crippen LogP contribution in [-0.4, -0.2) is 5.16 Å². The molecule has 0 spiro atoms. The topological polar surface area (TPSA) is 26.0 Å². The second kappa shape index (κ2) is 2.90. The van der Waals surface area contributed by atoms with E-state index in [1.807, 2.05) is 18.2 Å². The number of aryl methyl sites for hydroxylation is 1. The maximum atomic E-state index is 5.14. The van der Waals surface area contributed by atoms with Crippen LogP contribution in [0, 0.1) is 0 Å². The molecule has 62 valence electrons. The van der Waals surface area contributed by atoms with E-state index >= 15 is 0 Å². The van der Waals surface area contributed by atoms with Crippen LogP contribution < -0.4 is 0 Å². The first-order chi connectivity index (χ1) is 5.81. The first-order valence-electron chi connectivity index (χ1n) is 3.85. The molecule has 1 heterocycles. The number of fused-ring (bicyclic) bond motifs is 1. The molecule has 0 aliphatic heterocycles. The fraction of sp³-hybridized carbons (Fsp3) is 0.222. The Kier molecular flexibility index (Phi) is 1.89. The van der Waals surface area contributed by atoms with Gasteiger partial charge in [-0.25, -0.2) is 0 Å². The number of benzene rings is 1. The molecule has 0 saturated heterocycles. The van der Waals surface area contributed by atoms with Gasteiger partial charge in [-0.3, -0.25) is 0 Å². The Hall–Kier alpha value is -0.830. The highest BCUT2D eigenvalue weighted by Crippen LogP contribution is 2.22. The van der Waals surface area contributed by atoms with E-state index in [-0.39, 0.29) is 0 Å². The molecule has 1 aromatic heterocycles. The largest absolute Gasteiger partial charge is 0.356 e. The number of halogens is 1. The molecule has 2 nitrogen and oxygen atoms in total. The van der Waals surface area contributed by atoms with Crippen molar-refractivity contribution >= 4 is 26.9 Å². The van der Waals surface area contributed by atoms with Gasteiger partial charge in [0.1, 0.15) is 0 Å². The highest BCUT2D eigenvalue weighted by atomic mass is 79.9. The van der Waals surface area contributed by atoms with Crippen LogP contribution in [0.1, 0.15) is 12.6 Å². The number of rotatable bonds is 1. The third-order valence-corrected chi connectivity index (χ3v) is 2.34. The van der Waals surface area contributed by atoms with Gasteiger partial charge in [0.15, 0.2) is 5.58 Å². The lowest BCUT2D eigenvalue weighted by Gasteiger charge is -1.89. The highest BCUT2D eigenvalue weighted by Gasteiger charge is 2.05. The fourth-order valence-corrected chi connectivity index (χ4v) is 1.56. The van der Waals surface area contributed by atoms with Gasteiger partial charge in [0, 0.05) is 9.86 Å². The summed E-state index contributed by atoms with van der Waals surface area (Å²) >= 11 is 3.38. The molecule has 0 saturated carbocycles. The van der Waals surface area contributed by atoms with E-state index in [9.17, 15) is 0 Å². The van der Waals surface area contributed by atoms with Crippen LogP contribution in [0.4, 0.5) is 0 Å². The summed E-state index contributed by atoms with van der Waals surface area (Å²) in [5, 5.41) is 5.07. The molecular formula is C9H8BrNO. The maximum Gasteiger partial charge on any atom is 0.168 e. The predicted octanol–water partition coefficient (Wildman–Crippen LogP) is 3.15. The molecule has 0 fully saturated rings. The second-order valence-electron chi connectivity index (χ2n) is 2.62. The van der Waals surface area contributed by atoms with Crippen molar-refractivity contribution in [1.82, 2.24) is 5.16 Å². The molecule has 0 atom stereocenters. The van der Waals surface area contributed by atoms with Gasteiger partial charge in [0.25, 0.3) is 0 Å². The summed E-state index contributed by atoms with van der Waals surface area (Å²) in [6.45, 7) is 2.07.